The Morgan fingerprint density at radius 2 is 0.756 bits per heavy atom. The molecule has 4 heteroatoms. The fraction of sp³-hybridized carbons (Fsp3) is 0.189. The normalized spacial score (nSPS) is 10.5. The van der Waals surface area contributed by atoms with E-state index in [1.54, 1.807) is 0 Å². The van der Waals surface area contributed by atoms with Crippen molar-refractivity contribution in [3.63, 3.8) is 0 Å². The van der Waals surface area contributed by atoms with Crippen LogP contribution in [0.15, 0.2) is 146 Å². The molecule has 0 heterocycles. The van der Waals surface area contributed by atoms with Gasteiger partial charge in [-0.05, 0) is 49.4 Å². The third kappa shape index (κ3) is 14.1. The molecular formula is C37H40P2PdS. The number of hydrogen-bond acceptors (Lipinski definition) is 1. The minimum atomic E-state index is -0.348. The molecule has 0 aliphatic rings. The molecule has 0 N–H and O–H groups in total. The predicted molar refractivity (Wildman–Crippen MR) is 185 cm³/mol. The van der Waals surface area contributed by atoms with Gasteiger partial charge in [0, 0.05) is 0 Å². The van der Waals surface area contributed by atoms with Crippen LogP contribution in [0.4, 0.5) is 0 Å². The first kappa shape index (κ1) is 35.2. The first-order chi connectivity index (χ1) is 19.3. The summed E-state index contributed by atoms with van der Waals surface area (Å²) in [5, 5.41) is 5.89. The zero-order chi connectivity index (χ0) is 28.6. The van der Waals surface area contributed by atoms with Crippen LogP contribution in [-0.2, 0) is 33.1 Å². The van der Waals surface area contributed by atoms with Crippen molar-refractivity contribution in [2.45, 2.75) is 32.4 Å². The summed E-state index contributed by atoms with van der Waals surface area (Å²) in [6, 6.07) is 55.0. The SMILES string of the molecule is CC(C)(C)[S-].Cc1cc[c-]cc1.[Pd+2].c1ccc(P(CCP(c2ccccc2)c2ccccc2)c2ccccc2)cc1. The number of hydrogen-bond donors (Lipinski definition) is 0. The van der Waals surface area contributed by atoms with Crippen LogP contribution in [0.5, 0.6) is 0 Å². The first-order valence-corrected chi connectivity index (χ1v) is 17.2. The van der Waals surface area contributed by atoms with Crippen molar-refractivity contribution in [2.24, 2.45) is 0 Å². The summed E-state index contributed by atoms with van der Waals surface area (Å²) in [5.74, 6) is 0. The van der Waals surface area contributed by atoms with Crippen molar-refractivity contribution in [1.29, 1.82) is 0 Å². The van der Waals surface area contributed by atoms with Gasteiger partial charge in [0.05, 0.1) is 0 Å². The van der Waals surface area contributed by atoms with Crippen LogP contribution in [0.1, 0.15) is 26.3 Å². The number of benzene rings is 5. The Morgan fingerprint density at radius 3 is 0.951 bits per heavy atom. The monoisotopic (exact) mass is 684 g/mol. The summed E-state index contributed by atoms with van der Waals surface area (Å²) < 4.78 is 0.0833. The molecule has 0 aliphatic heterocycles. The van der Waals surface area contributed by atoms with Crippen LogP contribution in [0, 0.1) is 13.0 Å². The molecule has 0 amide bonds. The maximum Gasteiger partial charge on any atom is 2.00 e. The second kappa shape index (κ2) is 19.2. The predicted octanol–water partition coefficient (Wildman–Crippen LogP) is 8.38. The van der Waals surface area contributed by atoms with Crippen LogP contribution in [-0.4, -0.2) is 17.1 Å². The summed E-state index contributed by atoms with van der Waals surface area (Å²) in [7, 11) is -0.696. The second-order valence-corrected chi connectivity index (χ2v) is 16.2. The van der Waals surface area contributed by atoms with Gasteiger partial charge in [-0.15, -0.1) is 0 Å². The van der Waals surface area contributed by atoms with E-state index in [1.807, 2.05) is 45.0 Å². The smallest absolute Gasteiger partial charge is 0.787 e. The van der Waals surface area contributed by atoms with Gasteiger partial charge in [0.1, 0.15) is 0 Å². The third-order valence-corrected chi connectivity index (χ3v) is 11.1. The largest absolute Gasteiger partial charge is 2.00 e. The molecule has 0 radical (unpaired) electrons. The summed E-state index contributed by atoms with van der Waals surface area (Å²) >= 11 is 4.83. The Kier molecular flexibility index (Phi) is 16.5. The summed E-state index contributed by atoms with van der Waals surface area (Å²) in [5.41, 5.74) is 1.29. The van der Waals surface area contributed by atoms with Gasteiger partial charge < -0.3 is 12.6 Å². The third-order valence-electron chi connectivity index (χ3n) is 5.70. The molecule has 0 aliphatic carbocycles. The molecule has 41 heavy (non-hydrogen) atoms. The number of aryl methyl sites for hydroxylation is 1. The summed E-state index contributed by atoms with van der Waals surface area (Å²) in [6.07, 6.45) is 2.41. The second-order valence-electron chi connectivity index (χ2n) is 10.3. The van der Waals surface area contributed by atoms with Crippen LogP contribution < -0.4 is 21.2 Å². The fourth-order valence-electron chi connectivity index (χ4n) is 3.92. The average molecular weight is 685 g/mol. The van der Waals surface area contributed by atoms with Crippen molar-refractivity contribution in [3.05, 3.63) is 157 Å². The van der Waals surface area contributed by atoms with Crippen molar-refractivity contribution >= 4 is 49.7 Å². The zero-order valence-electron chi connectivity index (χ0n) is 24.4. The molecule has 0 nitrogen and oxygen atoms in total. The van der Waals surface area contributed by atoms with E-state index in [0.717, 1.165) is 0 Å². The van der Waals surface area contributed by atoms with Crippen molar-refractivity contribution in [1.82, 2.24) is 0 Å². The van der Waals surface area contributed by atoms with Crippen LogP contribution in [0.25, 0.3) is 0 Å². The Morgan fingerprint density at radius 1 is 0.512 bits per heavy atom. The van der Waals surface area contributed by atoms with Gasteiger partial charge in [-0.3, -0.25) is 0 Å². The molecule has 0 saturated heterocycles. The number of rotatable bonds is 7. The Bertz CT molecular complexity index is 1160. The van der Waals surface area contributed by atoms with Crippen molar-refractivity contribution < 1.29 is 20.4 Å². The van der Waals surface area contributed by atoms with Crippen LogP contribution >= 0.6 is 15.8 Å². The molecule has 0 bridgehead atoms. The van der Waals surface area contributed by atoms with E-state index < -0.39 is 0 Å². The Hall–Kier alpha value is -2.03. The molecule has 0 atom stereocenters. The quantitative estimate of drug-likeness (QED) is 0.0719. The van der Waals surface area contributed by atoms with Crippen LogP contribution in [0.3, 0.4) is 0 Å². The van der Waals surface area contributed by atoms with Gasteiger partial charge in [0.2, 0.25) is 0 Å². The maximum atomic E-state index is 4.83. The van der Waals surface area contributed by atoms with E-state index in [0.29, 0.717) is 0 Å². The molecule has 214 valence electrons. The molecule has 0 saturated carbocycles. The average Bonchev–Trinajstić information content (AvgIpc) is 2.97. The molecule has 0 aromatic heterocycles. The fourth-order valence-corrected chi connectivity index (χ4v) is 9.27. The van der Waals surface area contributed by atoms with Gasteiger partial charge in [-0.25, -0.2) is 0 Å². The summed E-state index contributed by atoms with van der Waals surface area (Å²) in [6.45, 7) is 8.07. The minimum Gasteiger partial charge on any atom is -0.787 e. The zero-order valence-corrected chi connectivity index (χ0v) is 28.5. The van der Waals surface area contributed by atoms with Crippen molar-refractivity contribution in [3.8, 4) is 0 Å². The Balaban J connectivity index is 0.000000378. The molecule has 5 aromatic carbocycles. The van der Waals surface area contributed by atoms with Gasteiger partial charge in [0.15, 0.2) is 0 Å². The Labute approximate surface area is 270 Å². The van der Waals surface area contributed by atoms with Gasteiger partial charge >= 0.3 is 20.4 Å². The van der Waals surface area contributed by atoms with Crippen molar-refractivity contribution in [2.75, 3.05) is 12.3 Å². The molecular weight excluding hydrogens is 645 g/mol. The van der Waals surface area contributed by atoms with Gasteiger partial charge in [0.25, 0.3) is 0 Å². The van der Waals surface area contributed by atoms with Gasteiger partial charge in [-0.2, -0.15) is 40.6 Å². The molecule has 0 spiro atoms. The molecule has 0 fully saturated rings. The molecule has 0 unspecified atom stereocenters. The van der Waals surface area contributed by atoms with E-state index in [2.05, 4.69) is 134 Å². The van der Waals surface area contributed by atoms with E-state index in [4.69, 9.17) is 12.6 Å². The van der Waals surface area contributed by atoms with E-state index in [9.17, 15) is 0 Å². The van der Waals surface area contributed by atoms with Gasteiger partial charge in [-0.1, -0.05) is 149 Å². The maximum absolute atomic E-state index is 4.83. The van der Waals surface area contributed by atoms with E-state index >= 15 is 0 Å². The van der Waals surface area contributed by atoms with E-state index in [1.165, 1.54) is 39.1 Å². The van der Waals surface area contributed by atoms with E-state index in [-0.39, 0.29) is 41.0 Å². The molecule has 5 rings (SSSR count). The first-order valence-electron chi connectivity index (χ1n) is 13.7. The standard InChI is InChI=1S/C26H24P2.C7H7.C4H10S.Pd/c1-5-13-23(14-6-1)27(24-15-7-2-8-16-24)21-22-28(25-17-9-3-10-18-25)26-19-11-4-12-20-26;1-7-5-3-2-4-6-7;1-4(2,3)5;/h1-20H,21-22H2;3-6H,1H3;5H,1-3H3;/q;-1;;+2/p-1. The van der Waals surface area contributed by atoms with Crippen LogP contribution in [0.2, 0.25) is 0 Å². The summed E-state index contributed by atoms with van der Waals surface area (Å²) in [4.78, 5) is 0. The minimum absolute atomic E-state index is 0. The topological polar surface area (TPSA) is 0 Å². The molecule has 5 aromatic rings.